The van der Waals surface area contributed by atoms with Gasteiger partial charge in [0.25, 0.3) is 21.5 Å². The molecule has 0 saturated carbocycles. The number of halogens is 2. The number of alkyl halides is 2. The normalized spacial score (nSPS) is 11.8. The van der Waals surface area contributed by atoms with Crippen molar-refractivity contribution in [2.24, 2.45) is 5.14 Å². The highest BCUT2D eigenvalue weighted by Crippen LogP contribution is 2.29. The van der Waals surface area contributed by atoms with Crippen molar-refractivity contribution in [1.82, 2.24) is 4.98 Å². The van der Waals surface area contributed by atoms with Crippen LogP contribution in [0.15, 0.2) is 11.1 Å². The van der Waals surface area contributed by atoms with Gasteiger partial charge in [0.1, 0.15) is 0 Å². The van der Waals surface area contributed by atoms with Crippen LogP contribution in [0.4, 0.5) is 14.6 Å². The summed E-state index contributed by atoms with van der Waals surface area (Å²) in [6, 6.07) is 0.530. The minimum Gasteiger partial charge on any atom is -0.358 e. The Morgan fingerprint density at radius 3 is 2.41 bits per heavy atom. The van der Waals surface area contributed by atoms with Crippen molar-refractivity contribution in [3.8, 4) is 0 Å². The van der Waals surface area contributed by atoms with Gasteiger partial charge in [0, 0.05) is 11.6 Å². The fourth-order valence-electron chi connectivity index (χ4n) is 1.14. The summed E-state index contributed by atoms with van der Waals surface area (Å²) in [5.41, 5.74) is -1.17. The lowest BCUT2D eigenvalue weighted by atomic mass is 10.1. The maximum Gasteiger partial charge on any atom is 0.368 e. The smallest absolute Gasteiger partial charge is 0.358 e. The van der Waals surface area contributed by atoms with E-state index in [4.69, 9.17) is 0 Å². The monoisotopic (exact) mass is 267 g/mol. The number of pyridine rings is 1. The van der Waals surface area contributed by atoms with Gasteiger partial charge >= 0.3 is 5.82 Å². The summed E-state index contributed by atoms with van der Waals surface area (Å²) < 4.78 is 47.0. The maximum atomic E-state index is 12.6. The fraction of sp³-hybridized carbons (Fsp3) is 0.286. The number of nitro groups is 1. The zero-order valence-corrected chi connectivity index (χ0v) is 9.24. The Bertz CT molecular complexity index is 573. The van der Waals surface area contributed by atoms with Gasteiger partial charge in [-0.15, -0.1) is 0 Å². The Morgan fingerprint density at radius 2 is 2.06 bits per heavy atom. The molecule has 0 amide bonds. The number of rotatable bonds is 3. The van der Waals surface area contributed by atoms with Crippen LogP contribution in [0.25, 0.3) is 0 Å². The molecule has 94 valence electrons. The third-order valence-electron chi connectivity index (χ3n) is 1.96. The molecule has 0 aliphatic carbocycles. The van der Waals surface area contributed by atoms with Gasteiger partial charge in [-0.05, 0) is 16.8 Å². The van der Waals surface area contributed by atoms with Crippen LogP contribution in [0.3, 0.4) is 0 Å². The number of nitrogens with two attached hydrogens (primary N) is 1. The molecular formula is C7H7F2N3O4S. The van der Waals surface area contributed by atoms with Crippen molar-refractivity contribution >= 4 is 15.8 Å². The summed E-state index contributed by atoms with van der Waals surface area (Å²) in [6.07, 6.45) is -3.06. The van der Waals surface area contributed by atoms with Gasteiger partial charge in [-0.1, -0.05) is 0 Å². The highest BCUT2D eigenvalue weighted by molar-refractivity contribution is 7.89. The largest absolute Gasteiger partial charge is 0.368 e. The van der Waals surface area contributed by atoms with Gasteiger partial charge in [-0.2, -0.15) is 0 Å². The van der Waals surface area contributed by atoms with E-state index in [1.165, 1.54) is 0 Å². The summed E-state index contributed by atoms with van der Waals surface area (Å²) in [5.74, 6) is -0.952. The molecule has 1 aromatic heterocycles. The van der Waals surface area contributed by atoms with Crippen LogP contribution in [-0.4, -0.2) is 18.3 Å². The number of primary sulfonamides is 1. The molecule has 0 bridgehead atoms. The summed E-state index contributed by atoms with van der Waals surface area (Å²) in [4.78, 5) is 12.6. The van der Waals surface area contributed by atoms with Gasteiger partial charge in [-0.3, -0.25) is 0 Å². The van der Waals surface area contributed by atoms with E-state index in [1.54, 1.807) is 0 Å². The molecular weight excluding hydrogens is 260 g/mol. The Balaban J connectivity index is 3.65. The first-order chi connectivity index (χ1) is 7.64. The van der Waals surface area contributed by atoms with E-state index < -0.39 is 43.3 Å². The predicted molar refractivity (Wildman–Crippen MR) is 52.0 cm³/mol. The lowest BCUT2D eigenvalue weighted by Crippen LogP contribution is -2.16. The molecule has 1 aromatic rings. The van der Waals surface area contributed by atoms with E-state index >= 15 is 0 Å². The molecule has 1 heterocycles. The Hall–Kier alpha value is -1.68. The molecule has 17 heavy (non-hydrogen) atoms. The molecule has 0 aliphatic rings. The van der Waals surface area contributed by atoms with Gasteiger partial charge in [0.2, 0.25) is 0 Å². The van der Waals surface area contributed by atoms with Crippen LogP contribution in [0.2, 0.25) is 0 Å². The number of sulfonamides is 1. The van der Waals surface area contributed by atoms with Crippen molar-refractivity contribution < 1.29 is 22.1 Å². The Morgan fingerprint density at radius 1 is 1.53 bits per heavy atom. The second-order valence-electron chi connectivity index (χ2n) is 3.10. The number of aromatic nitrogens is 1. The Labute approximate surface area is 94.5 Å². The quantitative estimate of drug-likeness (QED) is 0.644. The van der Waals surface area contributed by atoms with Crippen LogP contribution in [-0.2, 0) is 10.0 Å². The SMILES string of the molecule is Cc1c(C(F)F)cc(S(N)(=O)=O)nc1[N+](=O)[O-]. The zero-order valence-electron chi connectivity index (χ0n) is 8.42. The Kier molecular flexibility index (Phi) is 3.38. The van der Waals surface area contributed by atoms with Crippen LogP contribution >= 0.6 is 0 Å². The molecule has 0 fully saturated rings. The van der Waals surface area contributed by atoms with E-state index in [-0.39, 0.29) is 0 Å². The molecule has 2 N–H and O–H groups in total. The topological polar surface area (TPSA) is 116 Å². The molecule has 0 saturated heterocycles. The molecule has 7 nitrogen and oxygen atoms in total. The second kappa shape index (κ2) is 4.30. The van der Waals surface area contributed by atoms with Crippen molar-refractivity contribution in [2.45, 2.75) is 18.4 Å². The van der Waals surface area contributed by atoms with E-state index in [0.717, 1.165) is 6.92 Å². The van der Waals surface area contributed by atoms with Gasteiger partial charge < -0.3 is 10.1 Å². The summed E-state index contributed by atoms with van der Waals surface area (Å²) in [7, 11) is -4.38. The lowest BCUT2D eigenvalue weighted by Gasteiger charge is -2.05. The third kappa shape index (κ3) is 2.71. The highest BCUT2D eigenvalue weighted by Gasteiger charge is 2.28. The van der Waals surface area contributed by atoms with Crippen molar-refractivity contribution in [3.63, 3.8) is 0 Å². The van der Waals surface area contributed by atoms with Gasteiger partial charge in [0.15, 0.2) is 0 Å². The maximum absolute atomic E-state index is 12.6. The van der Waals surface area contributed by atoms with Crippen LogP contribution in [0.5, 0.6) is 0 Å². The molecule has 0 aromatic carbocycles. The molecule has 0 aliphatic heterocycles. The molecule has 1 rings (SSSR count). The van der Waals surface area contributed by atoms with E-state index in [2.05, 4.69) is 10.1 Å². The van der Waals surface area contributed by atoms with Crippen LogP contribution in [0.1, 0.15) is 17.6 Å². The molecule has 0 atom stereocenters. The average Bonchev–Trinajstić information content (AvgIpc) is 2.14. The van der Waals surface area contributed by atoms with E-state index in [1.807, 2.05) is 0 Å². The molecule has 0 unspecified atom stereocenters. The fourth-order valence-corrected chi connectivity index (χ4v) is 1.65. The average molecular weight is 267 g/mol. The number of nitrogens with zero attached hydrogens (tertiary/aromatic N) is 2. The second-order valence-corrected chi connectivity index (χ2v) is 4.61. The summed E-state index contributed by atoms with van der Waals surface area (Å²) in [6.45, 7) is 1.06. The summed E-state index contributed by atoms with van der Waals surface area (Å²) in [5, 5.41) is 14.3. The predicted octanol–water partition coefficient (Wildman–Crippen LogP) is 0.883. The minimum absolute atomic E-state index is 0.391. The highest BCUT2D eigenvalue weighted by atomic mass is 32.2. The van der Waals surface area contributed by atoms with E-state index in [0.29, 0.717) is 6.07 Å². The molecule has 0 spiro atoms. The zero-order chi connectivity index (χ0) is 13.4. The van der Waals surface area contributed by atoms with Crippen LogP contribution < -0.4 is 5.14 Å². The molecule has 10 heteroatoms. The first-order valence-corrected chi connectivity index (χ1v) is 5.66. The van der Waals surface area contributed by atoms with Crippen molar-refractivity contribution in [2.75, 3.05) is 0 Å². The van der Waals surface area contributed by atoms with Gasteiger partial charge in [0.05, 0.1) is 5.56 Å². The van der Waals surface area contributed by atoms with Crippen LogP contribution in [0, 0.1) is 17.0 Å². The standard InChI is InChI=1S/C7H7F2N3O4S/c1-3-4(6(8)9)2-5(17(10,15)16)11-7(3)12(13)14/h2,6H,1H3,(H2,10,15,16). The lowest BCUT2D eigenvalue weighted by molar-refractivity contribution is -0.390. The first kappa shape index (κ1) is 13.4. The minimum atomic E-state index is -4.38. The number of hydrogen-bond donors (Lipinski definition) is 1. The number of hydrogen-bond acceptors (Lipinski definition) is 5. The van der Waals surface area contributed by atoms with Crippen molar-refractivity contribution in [3.05, 3.63) is 27.3 Å². The summed E-state index contributed by atoms with van der Waals surface area (Å²) >= 11 is 0. The van der Waals surface area contributed by atoms with Crippen molar-refractivity contribution in [1.29, 1.82) is 0 Å². The van der Waals surface area contributed by atoms with Gasteiger partial charge in [-0.25, -0.2) is 22.3 Å². The molecule has 0 radical (unpaired) electrons. The van der Waals surface area contributed by atoms with E-state index in [9.17, 15) is 27.3 Å². The third-order valence-corrected chi connectivity index (χ3v) is 2.76. The first-order valence-electron chi connectivity index (χ1n) is 4.11.